The normalized spacial score (nSPS) is 13.5. The van der Waals surface area contributed by atoms with E-state index in [1.807, 2.05) is 0 Å². The van der Waals surface area contributed by atoms with Gasteiger partial charge in [0.15, 0.2) is 0 Å². The van der Waals surface area contributed by atoms with Gasteiger partial charge in [0, 0.05) is 22.9 Å². The van der Waals surface area contributed by atoms with Gasteiger partial charge in [0.25, 0.3) is 11.8 Å². The summed E-state index contributed by atoms with van der Waals surface area (Å²) in [5.41, 5.74) is 1.46. The number of carbonyl (C=O) groups excluding carboxylic acids is 2. The number of amides is 2. The van der Waals surface area contributed by atoms with Gasteiger partial charge in [-0.2, -0.15) is 0 Å². The van der Waals surface area contributed by atoms with Gasteiger partial charge in [0.05, 0.1) is 10.0 Å². The van der Waals surface area contributed by atoms with E-state index in [-0.39, 0.29) is 17.9 Å². The van der Waals surface area contributed by atoms with E-state index in [0.29, 0.717) is 26.9 Å². The van der Waals surface area contributed by atoms with E-state index in [4.69, 9.17) is 23.2 Å². The molecule has 0 saturated heterocycles. The molecule has 1 fully saturated rings. The molecular formula is C17H14Cl2N2O2. The number of rotatable bonds is 4. The SMILES string of the molecule is O=C(Nc1cccc(C(=O)NC2CC2)c1)c1ccc(Cl)c(Cl)c1. The molecule has 0 spiro atoms. The highest BCUT2D eigenvalue weighted by molar-refractivity contribution is 6.42. The van der Waals surface area contributed by atoms with Crippen molar-refractivity contribution in [3.63, 3.8) is 0 Å². The van der Waals surface area contributed by atoms with Crippen molar-refractivity contribution in [2.75, 3.05) is 5.32 Å². The Morgan fingerprint density at radius 1 is 0.913 bits per heavy atom. The van der Waals surface area contributed by atoms with Crippen molar-refractivity contribution in [3.05, 3.63) is 63.6 Å². The fourth-order valence-corrected chi connectivity index (χ4v) is 2.37. The van der Waals surface area contributed by atoms with Crippen LogP contribution in [0.5, 0.6) is 0 Å². The highest BCUT2D eigenvalue weighted by Gasteiger charge is 2.23. The van der Waals surface area contributed by atoms with Crippen LogP contribution in [0.2, 0.25) is 10.0 Å². The molecule has 0 aromatic heterocycles. The van der Waals surface area contributed by atoms with Gasteiger partial charge in [-0.25, -0.2) is 0 Å². The summed E-state index contributed by atoms with van der Waals surface area (Å²) in [7, 11) is 0. The van der Waals surface area contributed by atoms with Crippen LogP contribution in [-0.2, 0) is 0 Å². The Bertz CT molecular complexity index is 773. The lowest BCUT2D eigenvalue weighted by Gasteiger charge is -2.08. The van der Waals surface area contributed by atoms with E-state index in [9.17, 15) is 9.59 Å². The quantitative estimate of drug-likeness (QED) is 0.872. The van der Waals surface area contributed by atoms with E-state index in [0.717, 1.165) is 12.8 Å². The summed E-state index contributed by atoms with van der Waals surface area (Å²) in [5, 5.41) is 6.37. The van der Waals surface area contributed by atoms with Gasteiger partial charge in [-0.05, 0) is 49.2 Å². The topological polar surface area (TPSA) is 58.2 Å². The van der Waals surface area contributed by atoms with Crippen LogP contribution in [-0.4, -0.2) is 17.9 Å². The van der Waals surface area contributed by atoms with E-state index >= 15 is 0 Å². The van der Waals surface area contributed by atoms with Crippen LogP contribution in [0.4, 0.5) is 5.69 Å². The standard InChI is InChI=1S/C17H14Cl2N2O2/c18-14-7-4-11(9-15(14)19)17(23)21-13-3-1-2-10(8-13)16(22)20-12-5-6-12/h1-4,7-9,12H,5-6H2,(H,20,22)(H,21,23). The maximum absolute atomic E-state index is 12.2. The van der Waals surface area contributed by atoms with Crippen molar-refractivity contribution in [3.8, 4) is 0 Å². The second-order valence-electron chi connectivity index (χ2n) is 5.41. The molecule has 3 rings (SSSR count). The lowest BCUT2D eigenvalue weighted by Crippen LogP contribution is -2.25. The van der Waals surface area contributed by atoms with Crippen molar-refractivity contribution in [1.82, 2.24) is 5.32 Å². The van der Waals surface area contributed by atoms with Crippen molar-refractivity contribution in [2.45, 2.75) is 18.9 Å². The van der Waals surface area contributed by atoms with Crippen LogP contribution < -0.4 is 10.6 Å². The molecule has 2 amide bonds. The molecule has 1 aliphatic carbocycles. The maximum atomic E-state index is 12.2. The molecule has 6 heteroatoms. The minimum Gasteiger partial charge on any atom is -0.349 e. The molecular weight excluding hydrogens is 335 g/mol. The molecule has 1 aliphatic rings. The molecule has 0 atom stereocenters. The van der Waals surface area contributed by atoms with Crippen LogP contribution in [0.3, 0.4) is 0 Å². The van der Waals surface area contributed by atoms with Gasteiger partial charge < -0.3 is 10.6 Å². The van der Waals surface area contributed by atoms with E-state index in [2.05, 4.69) is 10.6 Å². The van der Waals surface area contributed by atoms with Gasteiger partial charge in [0.1, 0.15) is 0 Å². The summed E-state index contributed by atoms with van der Waals surface area (Å²) in [5.74, 6) is -0.443. The maximum Gasteiger partial charge on any atom is 0.255 e. The summed E-state index contributed by atoms with van der Waals surface area (Å²) in [4.78, 5) is 24.3. The zero-order valence-electron chi connectivity index (χ0n) is 12.1. The predicted molar refractivity (Wildman–Crippen MR) is 91.3 cm³/mol. The van der Waals surface area contributed by atoms with Crippen LogP contribution in [0.25, 0.3) is 0 Å². The number of anilines is 1. The molecule has 23 heavy (non-hydrogen) atoms. The molecule has 2 aromatic carbocycles. The van der Waals surface area contributed by atoms with Crippen molar-refractivity contribution < 1.29 is 9.59 Å². The molecule has 2 N–H and O–H groups in total. The first-order valence-electron chi connectivity index (χ1n) is 7.20. The Hall–Kier alpha value is -2.04. The highest BCUT2D eigenvalue weighted by atomic mass is 35.5. The van der Waals surface area contributed by atoms with Gasteiger partial charge >= 0.3 is 0 Å². The number of halogens is 2. The number of hydrogen-bond acceptors (Lipinski definition) is 2. The largest absolute Gasteiger partial charge is 0.349 e. The van der Waals surface area contributed by atoms with Gasteiger partial charge in [-0.3, -0.25) is 9.59 Å². The molecule has 0 heterocycles. The predicted octanol–water partition coefficient (Wildman–Crippen LogP) is 4.14. The third kappa shape index (κ3) is 4.03. The number of benzene rings is 2. The Morgan fingerprint density at radius 2 is 1.65 bits per heavy atom. The smallest absolute Gasteiger partial charge is 0.255 e. The fourth-order valence-electron chi connectivity index (χ4n) is 2.08. The average molecular weight is 349 g/mol. The van der Waals surface area contributed by atoms with E-state index < -0.39 is 0 Å². The molecule has 0 aliphatic heterocycles. The minimum absolute atomic E-state index is 0.127. The molecule has 2 aromatic rings. The second kappa shape index (κ2) is 6.60. The summed E-state index contributed by atoms with van der Waals surface area (Å²) in [6, 6.07) is 11.8. The second-order valence-corrected chi connectivity index (χ2v) is 6.23. The number of nitrogens with one attached hydrogen (secondary N) is 2. The summed E-state index contributed by atoms with van der Waals surface area (Å²) in [6.45, 7) is 0. The molecule has 0 radical (unpaired) electrons. The lowest BCUT2D eigenvalue weighted by molar-refractivity contribution is 0.0949. The summed E-state index contributed by atoms with van der Waals surface area (Å²) in [6.07, 6.45) is 2.05. The third-order valence-corrected chi connectivity index (χ3v) is 4.22. The van der Waals surface area contributed by atoms with E-state index in [1.54, 1.807) is 36.4 Å². The summed E-state index contributed by atoms with van der Waals surface area (Å²) >= 11 is 11.8. The van der Waals surface area contributed by atoms with Crippen LogP contribution in [0.15, 0.2) is 42.5 Å². The Kier molecular flexibility index (Phi) is 4.55. The fraction of sp³-hybridized carbons (Fsp3) is 0.176. The minimum atomic E-state index is -0.316. The zero-order chi connectivity index (χ0) is 16.4. The Balaban J connectivity index is 1.72. The molecule has 1 saturated carbocycles. The lowest BCUT2D eigenvalue weighted by atomic mass is 10.1. The van der Waals surface area contributed by atoms with Crippen LogP contribution in [0.1, 0.15) is 33.6 Å². The summed E-state index contributed by atoms with van der Waals surface area (Å²) < 4.78 is 0. The first-order valence-corrected chi connectivity index (χ1v) is 7.96. The third-order valence-electron chi connectivity index (χ3n) is 3.48. The van der Waals surface area contributed by atoms with E-state index in [1.165, 1.54) is 6.07 Å². The number of carbonyl (C=O) groups is 2. The first-order chi connectivity index (χ1) is 11.0. The molecule has 4 nitrogen and oxygen atoms in total. The van der Waals surface area contributed by atoms with Crippen molar-refractivity contribution in [1.29, 1.82) is 0 Å². The Labute approximate surface area is 143 Å². The molecule has 0 unspecified atom stereocenters. The van der Waals surface area contributed by atoms with Crippen molar-refractivity contribution >= 4 is 40.7 Å². The molecule has 0 bridgehead atoms. The monoisotopic (exact) mass is 348 g/mol. The van der Waals surface area contributed by atoms with Gasteiger partial charge in [-0.1, -0.05) is 29.3 Å². The zero-order valence-corrected chi connectivity index (χ0v) is 13.6. The molecule has 118 valence electrons. The van der Waals surface area contributed by atoms with Crippen molar-refractivity contribution in [2.24, 2.45) is 0 Å². The first kappa shape index (κ1) is 15.8. The van der Waals surface area contributed by atoms with Crippen LogP contribution in [0, 0.1) is 0 Å². The van der Waals surface area contributed by atoms with Gasteiger partial charge in [0.2, 0.25) is 0 Å². The highest BCUT2D eigenvalue weighted by Crippen LogP contribution is 2.23. The number of hydrogen-bond donors (Lipinski definition) is 2. The average Bonchev–Trinajstić information content (AvgIpc) is 3.34. The Morgan fingerprint density at radius 3 is 2.35 bits per heavy atom. The van der Waals surface area contributed by atoms with Gasteiger partial charge in [-0.15, -0.1) is 0 Å². The van der Waals surface area contributed by atoms with Crippen LogP contribution >= 0.6 is 23.2 Å².